The second kappa shape index (κ2) is 9.52. The number of hydrogen-bond donors (Lipinski definition) is 2. The summed E-state index contributed by atoms with van der Waals surface area (Å²) in [6.45, 7) is 1.10. The van der Waals surface area contributed by atoms with E-state index in [1.807, 2.05) is 12.1 Å². The Labute approximate surface area is 188 Å². The Morgan fingerprint density at radius 1 is 1.00 bits per heavy atom. The Hall–Kier alpha value is -2.55. The fourth-order valence-corrected chi connectivity index (χ4v) is 5.47. The molecule has 2 aromatic rings. The molecule has 0 saturated carbocycles. The van der Waals surface area contributed by atoms with Crippen LogP contribution in [0.5, 0.6) is 0 Å². The van der Waals surface area contributed by atoms with E-state index in [2.05, 4.69) is 17.4 Å². The first-order chi connectivity index (χ1) is 15.3. The van der Waals surface area contributed by atoms with Gasteiger partial charge in [-0.05, 0) is 36.1 Å². The number of nitrogens with one attached hydrogen (secondary N) is 1. The standard InChI is InChI=1S/C24H28N2O5S/c27-22(9-10-23(28)21-15-19-3-1-2-4-20(19)16-25-21)17-5-7-18(8-6-17)24(29)26-11-13-32(30,31)14-12-26/h1-8,21,23,25,28H,9-16H2/t21-,23+/m0/s1. The van der Waals surface area contributed by atoms with Gasteiger partial charge in [-0.2, -0.15) is 0 Å². The molecule has 0 bridgehead atoms. The minimum Gasteiger partial charge on any atom is -0.391 e. The fourth-order valence-electron chi connectivity index (χ4n) is 4.27. The Balaban J connectivity index is 1.29. The van der Waals surface area contributed by atoms with Crippen molar-refractivity contribution in [3.05, 3.63) is 70.8 Å². The van der Waals surface area contributed by atoms with E-state index in [-0.39, 0.29) is 48.7 Å². The summed E-state index contributed by atoms with van der Waals surface area (Å²) in [5.74, 6) is -0.334. The highest BCUT2D eigenvalue weighted by molar-refractivity contribution is 7.91. The number of aliphatic hydroxyl groups is 1. The molecular formula is C24H28N2O5S. The number of nitrogens with zero attached hydrogens (tertiary/aromatic N) is 1. The van der Waals surface area contributed by atoms with Crippen molar-refractivity contribution < 1.29 is 23.1 Å². The second-order valence-corrected chi connectivity index (χ2v) is 10.8. The van der Waals surface area contributed by atoms with Crippen molar-refractivity contribution in [2.45, 2.75) is 38.0 Å². The van der Waals surface area contributed by atoms with Crippen LogP contribution in [0.2, 0.25) is 0 Å². The quantitative estimate of drug-likeness (QED) is 0.640. The lowest BCUT2D eigenvalue weighted by molar-refractivity contribution is 0.0769. The number of carbonyl (C=O) groups excluding carboxylic acids is 2. The van der Waals surface area contributed by atoms with Gasteiger partial charge in [0.05, 0.1) is 17.6 Å². The first kappa shape index (κ1) is 22.6. The van der Waals surface area contributed by atoms with E-state index in [0.29, 0.717) is 24.1 Å². The number of rotatable bonds is 6. The van der Waals surface area contributed by atoms with Gasteiger partial charge in [0.2, 0.25) is 0 Å². The van der Waals surface area contributed by atoms with Gasteiger partial charge >= 0.3 is 0 Å². The fraction of sp³-hybridized carbons (Fsp3) is 0.417. The maximum absolute atomic E-state index is 12.6. The number of sulfone groups is 1. The van der Waals surface area contributed by atoms with Gasteiger partial charge in [-0.15, -0.1) is 0 Å². The maximum atomic E-state index is 12.6. The SMILES string of the molecule is O=C(CC[C@@H](O)[C@@H]1Cc2ccccc2CN1)c1ccc(C(=O)N2CCS(=O)(=O)CC2)cc1. The smallest absolute Gasteiger partial charge is 0.253 e. The van der Waals surface area contributed by atoms with Crippen LogP contribution in [0.3, 0.4) is 0 Å². The molecule has 2 aliphatic heterocycles. The van der Waals surface area contributed by atoms with Crippen LogP contribution in [-0.4, -0.2) is 66.9 Å². The number of aliphatic hydroxyl groups excluding tert-OH is 1. The van der Waals surface area contributed by atoms with Crippen LogP contribution in [0.1, 0.15) is 44.7 Å². The summed E-state index contributed by atoms with van der Waals surface area (Å²) in [6.07, 6.45) is 0.698. The molecule has 32 heavy (non-hydrogen) atoms. The van der Waals surface area contributed by atoms with Gasteiger partial charge in [0.15, 0.2) is 15.6 Å². The van der Waals surface area contributed by atoms with Crippen LogP contribution in [0.15, 0.2) is 48.5 Å². The van der Waals surface area contributed by atoms with Gasteiger partial charge in [-0.25, -0.2) is 8.42 Å². The van der Waals surface area contributed by atoms with Gasteiger partial charge in [0, 0.05) is 43.2 Å². The summed E-state index contributed by atoms with van der Waals surface area (Å²) in [4.78, 5) is 26.7. The summed E-state index contributed by atoms with van der Waals surface area (Å²) >= 11 is 0. The van der Waals surface area contributed by atoms with Crippen LogP contribution in [0.4, 0.5) is 0 Å². The first-order valence-electron chi connectivity index (χ1n) is 10.9. The monoisotopic (exact) mass is 456 g/mol. The number of hydrogen-bond acceptors (Lipinski definition) is 6. The van der Waals surface area contributed by atoms with Crippen molar-refractivity contribution in [1.82, 2.24) is 10.2 Å². The van der Waals surface area contributed by atoms with E-state index in [4.69, 9.17) is 0 Å². The topological polar surface area (TPSA) is 104 Å². The molecule has 0 aliphatic carbocycles. The molecule has 0 radical (unpaired) electrons. The third-order valence-corrected chi connectivity index (χ3v) is 7.94. The number of carbonyl (C=O) groups is 2. The zero-order chi connectivity index (χ0) is 22.7. The van der Waals surface area contributed by atoms with Crippen molar-refractivity contribution in [2.75, 3.05) is 24.6 Å². The highest BCUT2D eigenvalue weighted by Gasteiger charge is 2.27. The Bertz CT molecular complexity index is 1080. The van der Waals surface area contributed by atoms with Gasteiger partial charge < -0.3 is 15.3 Å². The second-order valence-electron chi connectivity index (χ2n) is 8.51. The number of fused-ring (bicyclic) bond motifs is 1. The molecule has 2 atom stereocenters. The molecule has 2 aliphatic rings. The number of amides is 1. The summed E-state index contributed by atoms with van der Waals surface area (Å²) in [7, 11) is -3.05. The molecular weight excluding hydrogens is 428 g/mol. The number of ketones is 1. The van der Waals surface area contributed by atoms with Crippen LogP contribution in [0.25, 0.3) is 0 Å². The van der Waals surface area contributed by atoms with E-state index < -0.39 is 15.9 Å². The summed E-state index contributed by atoms with van der Waals surface area (Å²) < 4.78 is 23.1. The van der Waals surface area contributed by atoms with Crippen molar-refractivity contribution >= 4 is 21.5 Å². The van der Waals surface area contributed by atoms with Crippen LogP contribution >= 0.6 is 0 Å². The summed E-state index contributed by atoms with van der Waals surface area (Å²) in [6, 6.07) is 14.5. The van der Waals surface area contributed by atoms with Crippen LogP contribution in [0, 0.1) is 0 Å². The molecule has 1 saturated heterocycles. The van der Waals surface area contributed by atoms with Crippen molar-refractivity contribution in [1.29, 1.82) is 0 Å². The predicted molar refractivity (Wildman–Crippen MR) is 121 cm³/mol. The first-order valence-corrected chi connectivity index (χ1v) is 12.8. The Kier molecular flexibility index (Phi) is 6.74. The van der Waals surface area contributed by atoms with Gasteiger partial charge in [0.1, 0.15) is 0 Å². The maximum Gasteiger partial charge on any atom is 0.253 e. The van der Waals surface area contributed by atoms with Crippen molar-refractivity contribution in [3.63, 3.8) is 0 Å². The zero-order valence-electron chi connectivity index (χ0n) is 17.9. The molecule has 0 spiro atoms. The third-order valence-electron chi connectivity index (χ3n) is 6.33. The largest absolute Gasteiger partial charge is 0.391 e. The molecule has 8 heteroatoms. The molecule has 2 N–H and O–H groups in total. The Morgan fingerprint density at radius 3 is 2.31 bits per heavy atom. The van der Waals surface area contributed by atoms with Gasteiger partial charge in [-0.3, -0.25) is 9.59 Å². The lowest BCUT2D eigenvalue weighted by Crippen LogP contribution is -2.44. The molecule has 1 amide bonds. The summed E-state index contributed by atoms with van der Waals surface area (Å²) in [5.41, 5.74) is 3.41. The van der Waals surface area contributed by atoms with Crippen molar-refractivity contribution in [2.24, 2.45) is 0 Å². The lowest BCUT2D eigenvalue weighted by Gasteiger charge is -2.29. The highest BCUT2D eigenvalue weighted by Crippen LogP contribution is 2.20. The van der Waals surface area contributed by atoms with Gasteiger partial charge in [0.25, 0.3) is 5.91 Å². The minimum atomic E-state index is -3.05. The van der Waals surface area contributed by atoms with Crippen molar-refractivity contribution in [3.8, 4) is 0 Å². The summed E-state index contributed by atoms with van der Waals surface area (Å²) in [5, 5.41) is 13.9. The molecule has 2 heterocycles. The average Bonchev–Trinajstić information content (AvgIpc) is 2.81. The number of Topliss-reactive ketones (excluding diaryl/α,β-unsaturated/α-hetero) is 1. The van der Waals surface area contributed by atoms with E-state index in [0.717, 1.165) is 6.42 Å². The van der Waals surface area contributed by atoms with E-state index in [1.54, 1.807) is 24.3 Å². The normalized spacial score (nSPS) is 20.9. The molecule has 0 aromatic heterocycles. The van der Waals surface area contributed by atoms with Gasteiger partial charge in [-0.1, -0.05) is 36.4 Å². The highest BCUT2D eigenvalue weighted by atomic mass is 32.2. The van der Waals surface area contributed by atoms with E-state index in [1.165, 1.54) is 16.0 Å². The van der Waals surface area contributed by atoms with E-state index >= 15 is 0 Å². The van der Waals surface area contributed by atoms with Crippen LogP contribution in [-0.2, 0) is 22.8 Å². The Morgan fingerprint density at radius 2 is 1.62 bits per heavy atom. The zero-order valence-corrected chi connectivity index (χ0v) is 18.7. The molecule has 170 valence electrons. The minimum absolute atomic E-state index is 0.0148. The average molecular weight is 457 g/mol. The molecule has 2 aromatic carbocycles. The predicted octanol–water partition coefficient (Wildman–Crippen LogP) is 1.60. The number of benzene rings is 2. The lowest BCUT2D eigenvalue weighted by atomic mass is 9.90. The molecule has 0 unspecified atom stereocenters. The molecule has 4 rings (SSSR count). The third kappa shape index (κ3) is 5.26. The molecule has 1 fully saturated rings. The van der Waals surface area contributed by atoms with Crippen LogP contribution < -0.4 is 5.32 Å². The van der Waals surface area contributed by atoms with E-state index in [9.17, 15) is 23.1 Å². The molecule has 7 nitrogen and oxygen atoms in total.